The molecule has 4 heteroatoms. The van der Waals surface area contributed by atoms with Gasteiger partial charge in [0.1, 0.15) is 0 Å². The van der Waals surface area contributed by atoms with Crippen molar-refractivity contribution < 1.29 is 0 Å². The maximum Gasteiger partial charge on any atom is 0.0973 e. The largest absolute Gasteiger partial charge is 0.265 e. The number of pyridine rings is 2. The lowest BCUT2D eigenvalue weighted by atomic mass is 9.85. The number of rotatable bonds is 6. The minimum Gasteiger partial charge on any atom is -0.265 e. The first-order valence-corrected chi connectivity index (χ1v) is 17.8. The third kappa shape index (κ3) is 6.18. The molecule has 52 heavy (non-hydrogen) atoms. The van der Waals surface area contributed by atoms with Gasteiger partial charge in [-0.1, -0.05) is 83.9 Å². The highest BCUT2D eigenvalue weighted by molar-refractivity contribution is 5.98. The number of hydrogen-bond acceptors (Lipinski definition) is 4. The second-order valence-electron chi connectivity index (χ2n) is 14.0. The van der Waals surface area contributed by atoms with E-state index in [4.69, 9.17) is 9.97 Å². The Labute approximate surface area is 306 Å². The maximum atomic E-state index is 5.48. The maximum absolute atomic E-state index is 5.48. The van der Waals surface area contributed by atoms with Gasteiger partial charge in [-0.3, -0.25) is 9.97 Å². The SMILES string of the molecule is Cc1cc(C)c(-c2cc3nc(-c4ccc(-c5ccncc5)cc4)c(-c4ccc(-c5ccncc5)cc4)nc3cc2-c2c(C)cc(C)cc2C)c(C)c1. The van der Waals surface area contributed by atoms with Crippen molar-refractivity contribution in [1.82, 2.24) is 19.9 Å². The molecule has 0 N–H and O–H groups in total. The van der Waals surface area contributed by atoms with Gasteiger partial charge in [0.15, 0.2) is 0 Å². The van der Waals surface area contributed by atoms with Crippen molar-refractivity contribution in [2.24, 2.45) is 0 Å². The molecular formula is C48H40N4. The standard InChI is InChI=1S/C48H40N4/c1-29-23-31(3)45(32(4)24-29)41-27-43-44(28-42(41)46-33(5)25-30(2)26-34(46)6)52-48(40-13-9-36(10-14-40)38-17-21-50-22-18-38)47(51-43)39-11-7-35(8-12-39)37-15-19-49-20-16-37/h7-28H,1-6H3. The molecule has 0 bridgehead atoms. The summed E-state index contributed by atoms with van der Waals surface area (Å²) in [5, 5.41) is 0. The van der Waals surface area contributed by atoms with E-state index in [0.717, 1.165) is 55.8 Å². The van der Waals surface area contributed by atoms with Gasteiger partial charge in [-0.15, -0.1) is 0 Å². The molecule has 3 aromatic heterocycles. The Bertz CT molecular complexity index is 2360. The van der Waals surface area contributed by atoms with Gasteiger partial charge in [0, 0.05) is 35.9 Å². The molecule has 0 fully saturated rings. The molecule has 4 nitrogen and oxygen atoms in total. The van der Waals surface area contributed by atoms with E-state index in [1.54, 1.807) is 0 Å². The van der Waals surface area contributed by atoms with Crippen LogP contribution in [-0.2, 0) is 0 Å². The van der Waals surface area contributed by atoms with Gasteiger partial charge in [-0.2, -0.15) is 0 Å². The summed E-state index contributed by atoms with van der Waals surface area (Å²) in [6.45, 7) is 13.2. The predicted octanol–water partition coefficient (Wildman–Crippen LogP) is 12.3. The lowest BCUT2D eigenvalue weighted by Crippen LogP contribution is -2.00. The molecule has 8 rings (SSSR count). The summed E-state index contributed by atoms with van der Waals surface area (Å²) in [5.41, 5.74) is 22.4. The summed E-state index contributed by atoms with van der Waals surface area (Å²) in [7, 11) is 0. The molecule has 0 saturated carbocycles. The van der Waals surface area contributed by atoms with E-state index in [1.807, 2.05) is 49.1 Å². The molecule has 0 unspecified atom stereocenters. The lowest BCUT2D eigenvalue weighted by Gasteiger charge is -2.21. The summed E-state index contributed by atoms with van der Waals surface area (Å²) in [6, 6.07) is 39.1. The van der Waals surface area contributed by atoms with E-state index < -0.39 is 0 Å². The normalized spacial score (nSPS) is 11.3. The Hall–Kier alpha value is -6.26. The first-order valence-electron chi connectivity index (χ1n) is 17.8. The summed E-state index contributed by atoms with van der Waals surface area (Å²) < 4.78 is 0. The average molecular weight is 673 g/mol. The fraction of sp³-hybridized carbons (Fsp3) is 0.125. The zero-order valence-corrected chi connectivity index (χ0v) is 30.5. The van der Waals surface area contributed by atoms with Crippen molar-refractivity contribution in [2.75, 3.05) is 0 Å². The molecule has 0 amide bonds. The summed E-state index contributed by atoms with van der Waals surface area (Å²) >= 11 is 0. The summed E-state index contributed by atoms with van der Waals surface area (Å²) in [4.78, 5) is 19.4. The average Bonchev–Trinajstić information content (AvgIpc) is 3.14. The second-order valence-corrected chi connectivity index (χ2v) is 14.0. The molecule has 0 aliphatic rings. The third-order valence-corrected chi connectivity index (χ3v) is 10.0. The highest BCUT2D eigenvalue weighted by Gasteiger charge is 2.21. The molecule has 252 valence electrons. The van der Waals surface area contributed by atoms with Crippen molar-refractivity contribution in [3.63, 3.8) is 0 Å². The topological polar surface area (TPSA) is 51.6 Å². The van der Waals surface area contributed by atoms with Crippen LogP contribution in [0.2, 0.25) is 0 Å². The molecule has 0 radical (unpaired) electrons. The first kappa shape index (κ1) is 32.9. The van der Waals surface area contributed by atoms with Crippen molar-refractivity contribution in [3.05, 3.63) is 167 Å². The number of fused-ring (bicyclic) bond motifs is 1. The van der Waals surface area contributed by atoms with Crippen LogP contribution in [0.1, 0.15) is 33.4 Å². The van der Waals surface area contributed by atoms with Crippen LogP contribution < -0.4 is 0 Å². The molecule has 0 saturated heterocycles. The van der Waals surface area contributed by atoms with Crippen LogP contribution in [0.4, 0.5) is 0 Å². The molecule has 8 aromatic rings. The van der Waals surface area contributed by atoms with Gasteiger partial charge >= 0.3 is 0 Å². The molecule has 0 aliphatic heterocycles. The molecule has 0 atom stereocenters. The van der Waals surface area contributed by atoms with E-state index in [-0.39, 0.29) is 0 Å². The number of aryl methyl sites for hydroxylation is 6. The summed E-state index contributed by atoms with van der Waals surface area (Å²) in [6.07, 6.45) is 7.31. The fourth-order valence-electron chi connectivity index (χ4n) is 7.86. The summed E-state index contributed by atoms with van der Waals surface area (Å²) in [5.74, 6) is 0. The Morgan fingerprint density at radius 2 is 0.615 bits per heavy atom. The number of nitrogens with zero attached hydrogens (tertiary/aromatic N) is 4. The van der Waals surface area contributed by atoms with E-state index in [2.05, 4.69) is 136 Å². The van der Waals surface area contributed by atoms with Crippen LogP contribution >= 0.6 is 0 Å². The third-order valence-electron chi connectivity index (χ3n) is 10.0. The Kier molecular flexibility index (Phi) is 8.52. The highest BCUT2D eigenvalue weighted by atomic mass is 14.8. The highest BCUT2D eigenvalue weighted by Crippen LogP contribution is 2.43. The zero-order chi connectivity index (χ0) is 35.9. The van der Waals surface area contributed by atoms with Gasteiger partial charge in [0.25, 0.3) is 0 Å². The fourth-order valence-corrected chi connectivity index (χ4v) is 7.86. The number of hydrogen-bond donors (Lipinski definition) is 0. The molecule has 5 aromatic carbocycles. The van der Waals surface area contributed by atoms with Gasteiger partial charge in [-0.25, -0.2) is 9.97 Å². The molecule has 3 heterocycles. The Morgan fingerprint density at radius 3 is 0.942 bits per heavy atom. The second kappa shape index (κ2) is 13.5. The van der Waals surface area contributed by atoms with Crippen LogP contribution in [0.15, 0.2) is 134 Å². The number of aromatic nitrogens is 4. The van der Waals surface area contributed by atoms with E-state index in [9.17, 15) is 0 Å². The van der Waals surface area contributed by atoms with Gasteiger partial charge in [0.05, 0.1) is 22.4 Å². The molecule has 0 aliphatic carbocycles. The van der Waals surface area contributed by atoms with Crippen LogP contribution in [0.25, 0.3) is 78.1 Å². The van der Waals surface area contributed by atoms with Gasteiger partial charge < -0.3 is 0 Å². The predicted molar refractivity (Wildman–Crippen MR) is 216 cm³/mol. The van der Waals surface area contributed by atoms with Crippen molar-refractivity contribution in [2.45, 2.75) is 41.5 Å². The molecular weight excluding hydrogens is 633 g/mol. The van der Waals surface area contributed by atoms with E-state index in [0.29, 0.717) is 0 Å². The van der Waals surface area contributed by atoms with Crippen molar-refractivity contribution >= 4 is 11.0 Å². The Morgan fingerprint density at radius 1 is 0.327 bits per heavy atom. The minimum atomic E-state index is 0.851. The van der Waals surface area contributed by atoms with Gasteiger partial charge in [-0.05, 0) is 145 Å². The van der Waals surface area contributed by atoms with Crippen LogP contribution in [0, 0.1) is 41.5 Å². The monoisotopic (exact) mass is 672 g/mol. The molecule has 0 spiro atoms. The van der Waals surface area contributed by atoms with Gasteiger partial charge in [0.2, 0.25) is 0 Å². The smallest absolute Gasteiger partial charge is 0.0973 e. The Balaban J connectivity index is 1.39. The van der Waals surface area contributed by atoms with Crippen LogP contribution in [-0.4, -0.2) is 19.9 Å². The van der Waals surface area contributed by atoms with Crippen LogP contribution in [0.5, 0.6) is 0 Å². The quantitative estimate of drug-likeness (QED) is 0.176. The van der Waals surface area contributed by atoms with E-state index in [1.165, 1.54) is 55.6 Å². The van der Waals surface area contributed by atoms with Crippen molar-refractivity contribution in [3.8, 4) is 67.0 Å². The minimum absolute atomic E-state index is 0.851. The van der Waals surface area contributed by atoms with Crippen LogP contribution in [0.3, 0.4) is 0 Å². The number of benzene rings is 5. The van der Waals surface area contributed by atoms with Crippen molar-refractivity contribution in [1.29, 1.82) is 0 Å². The first-order chi connectivity index (χ1) is 25.2. The van der Waals surface area contributed by atoms with E-state index >= 15 is 0 Å². The lowest BCUT2D eigenvalue weighted by molar-refractivity contribution is 1.28. The zero-order valence-electron chi connectivity index (χ0n) is 30.5.